The van der Waals surface area contributed by atoms with Crippen molar-refractivity contribution < 1.29 is 4.79 Å². The maximum absolute atomic E-state index is 11.6. The second-order valence-electron chi connectivity index (χ2n) is 3.46. The first-order valence-corrected chi connectivity index (χ1v) is 4.63. The molecule has 0 radical (unpaired) electrons. The highest BCUT2D eigenvalue weighted by Crippen LogP contribution is 2.19. The molecule has 1 aromatic heterocycles. The zero-order valence-electron chi connectivity index (χ0n) is 7.55. The van der Waals surface area contributed by atoms with E-state index >= 15 is 0 Å². The van der Waals surface area contributed by atoms with Gasteiger partial charge in [0.15, 0.2) is 5.78 Å². The fourth-order valence-electron chi connectivity index (χ4n) is 0.874. The fraction of sp³-hybridized carbons (Fsp3) is 0.444. The summed E-state index contributed by atoms with van der Waals surface area (Å²) in [5.74, 6) is 0.0144. The van der Waals surface area contributed by atoms with Crippen LogP contribution >= 0.6 is 11.3 Å². The molecule has 0 aromatic carbocycles. The number of carbonyl (C=O) groups excluding carboxylic acids is 1. The number of aryl methyl sites for hydroxylation is 1. The number of hydrogen-bond donors (Lipinski definition) is 1. The Labute approximate surface area is 76.4 Å². The lowest BCUT2D eigenvalue weighted by molar-refractivity contribution is 0.0918. The highest BCUT2D eigenvalue weighted by Gasteiger charge is 2.24. The molecule has 1 aromatic rings. The monoisotopic (exact) mass is 183 g/mol. The minimum absolute atomic E-state index is 0.0144. The van der Waals surface area contributed by atoms with Crippen molar-refractivity contribution in [1.82, 2.24) is 0 Å². The van der Waals surface area contributed by atoms with E-state index in [0.29, 0.717) is 0 Å². The summed E-state index contributed by atoms with van der Waals surface area (Å²) in [6, 6.07) is 3.76. The minimum atomic E-state index is -0.753. The molecule has 0 spiro atoms. The van der Waals surface area contributed by atoms with E-state index < -0.39 is 5.54 Å². The molecule has 0 aliphatic carbocycles. The molecule has 0 bridgehead atoms. The molecule has 1 heterocycles. The van der Waals surface area contributed by atoms with Gasteiger partial charge in [0, 0.05) is 4.88 Å². The van der Waals surface area contributed by atoms with E-state index in [2.05, 4.69) is 0 Å². The first-order chi connectivity index (χ1) is 5.41. The molecule has 0 saturated heterocycles. The Morgan fingerprint density at radius 1 is 1.50 bits per heavy atom. The van der Waals surface area contributed by atoms with Gasteiger partial charge in [-0.2, -0.15) is 0 Å². The van der Waals surface area contributed by atoms with Gasteiger partial charge in [0.1, 0.15) is 0 Å². The van der Waals surface area contributed by atoms with Gasteiger partial charge in [-0.15, -0.1) is 11.3 Å². The van der Waals surface area contributed by atoms with Crippen molar-refractivity contribution in [2.45, 2.75) is 26.3 Å². The van der Waals surface area contributed by atoms with Gasteiger partial charge in [-0.05, 0) is 32.9 Å². The maximum atomic E-state index is 11.6. The van der Waals surface area contributed by atoms with Crippen LogP contribution in [0.5, 0.6) is 0 Å². The third kappa shape index (κ3) is 1.93. The van der Waals surface area contributed by atoms with E-state index in [1.165, 1.54) is 11.3 Å². The summed E-state index contributed by atoms with van der Waals surface area (Å²) in [6.07, 6.45) is 0. The van der Waals surface area contributed by atoms with Crippen molar-refractivity contribution in [1.29, 1.82) is 0 Å². The lowest BCUT2D eigenvalue weighted by Crippen LogP contribution is -2.41. The lowest BCUT2D eigenvalue weighted by atomic mass is 10.00. The molecule has 0 unspecified atom stereocenters. The SMILES string of the molecule is Cc1ccc(C(=O)C(C)(C)N)s1. The highest BCUT2D eigenvalue weighted by atomic mass is 32.1. The second-order valence-corrected chi connectivity index (χ2v) is 4.75. The molecule has 0 amide bonds. The van der Waals surface area contributed by atoms with Crippen LogP contribution in [-0.4, -0.2) is 11.3 Å². The number of rotatable bonds is 2. The van der Waals surface area contributed by atoms with Crippen LogP contribution in [-0.2, 0) is 0 Å². The lowest BCUT2D eigenvalue weighted by Gasteiger charge is -2.14. The van der Waals surface area contributed by atoms with Crippen LogP contribution in [0.1, 0.15) is 28.4 Å². The zero-order valence-corrected chi connectivity index (χ0v) is 8.37. The Morgan fingerprint density at radius 2 is 2.08 bits per heavy atom. The van der Waals surface area contributed by atoms with Gasteiger partial charge in [-0.25, -0.2) is 0 Å². The fourth-order valence-corrected chi connectivity index (χ4v) is 1.85. The van der Waals surface area contributed by atoms with E-state index in [1.807, 2.05) is 19.1 Å². The van der Waals surface area contributed by atoms with Crippen LogP contribution in [0.2, 0.25) is 0 Å². The standard InChI is InChI=1S/C9H13NOS/c1-6-4-5-7(12-6)8(11)9(2,3)10/h4-5H,10H2,1-3H3. The van der Waals surface area contributed by atoms with Crippen molar-refractivity contribution >= 4 is 17.1 Å². The first-order valence-electron chi connectivity index (χ1n) is 3.81. The zero-order chi connectivity index (χ0) is 9.35. The van der Waals surface area contributed by atoms with Crippen molar-refractivity contribution in [3.05, 3.63) is 21.9 Å². The largest absolute Gasteiger partial charge is 0.319 e. The van der Waals surface area contributed by atoms with Gasteiger partial charge in [0.25, 0.3) is 0 Å². The third-order valence-electron chi connectivity index (χ3n) is 1.55. The normalized spacial score (nSPS) is 11.7. The highest BCUT2D eigenvalue weighted by molar-refractivity contribution is 7.14. The molecule has 1 rings (SSSR count). The van der Waals surface area contributed by atoms with E-state index in [4.69, 9.17) is 5.73 Å². The average molecular weight is 183 g/mol. The summed E-state index contributed by atoms with van der Waals surface area (Å²) >= 11 is 1.49. The van der Waals surface area contributed by atoms with Crippen LogP contribution < -0.4 is 5.73 Å². The topological polar surface area (TPSA) is 43.1 Å². The Morgan fingerprint density at radius 3 is 2.42 bits per heavy atom. The van der Waals surface area contributed by atoms with Gasteiger partial charge in [-0.3, -0.25) is 4.79 Å². The summed E-state index contributed by atoms with van der Waals surface area (Å²) in [5, 5.41) is 0. The van der Waals surface area contributed by atoms with Gasteiger partial charge >= 0.3 is 0 Å². The number of carbonyl (C=O) groups is 1. The van der Waals surface area contributed by atoms with Crippen molar-refractivity contribution in [3.63, 3.8) is 0 Å². The molecule has 0 fully saturated rings. The van der Waals surface area contributed by atoms with Crippen LogP contribution in [0.4, 0.5) is 0 Å². The van der Waals surface area contributed by atoms with E-state index in [9.17, 15) is 4.79 Å². The summed E-state index contributed by atoms with van der Waals surface area (Å²) in [4.78, 5) is 13.5. The molecule has 0 atom stereocenters. The minimum Gasteiger partial charge on any atom is -0.319 e. The van der Waals surface area contributed by atoms with Crippen LogP contribution in [0.25, 0.3) is 0 Å². The van der Waals surface area contributed by atoms with Gasteiger partial charge in [-0.1, -0.05) is 0 Å². The second kappa shape index (κ2) is 2.99. The number of hydrogen-bond acceptors (Lipinski definition) is 3. The molecular formula is C9H13NOS. The molecule has 66 valence electrons. The van der Waals surface area contributed by atoms with Gasteiger partial charge < -0.3 is 5.73 Å². The number of thiophene rings is 1. The number of Topliss-reactive ketones (excluding diaryl/α,β-unsaturated/α-hetero) is 1. The van der Waals surface area contributed by atoms with Crippen molar-refractivity contribution in [2.24, 2.45) is 5.73 Å². The molecule has 2 N–H and O–H groups in total. The molecule has 12 heavy (non-hydrogen) atoms. The predicted molar refractivity (Wildman–Crippen MR) is 51.7 cm³/mol. The van der Waals surface area contributed by atoms with Gasteiger partial charge in [0.05, 0.1) is 10.4 Å². The van der Waals surface area contributed by atoms with Crippen LogP contribution in [0.15, 0.2) is 12.1 Å². The summed E-state index contributed by atoms with van der Waals surface area (Å²) in [7, 11) is 0. The Balaban J connectivity index is 2.93. The van der Waals surface area contributed by atoms with Crippen LogP contribution in [0.3, 0.4) is 0 Å². The Hall–Kier alpha value is -0.670. The number of ketones is 1. The molecule has 0 aliphatic heterocycles. The third-order valence-corrected chi connectivity index (χ3v) is 2.55. The smallest absolute Gasteiger partial charge is 0.191 e. The Bertz CT molecular complexity index is 296. The molecule has 0 aliphatic rings. The number of nitrogens with two attached hydrogens (primary N) is 1. The van der Waals surface area contributed by atoms with E-state index in [1.54, 1.807) is 13.8 Å². The summed E-state index contributed by atoms with van der Waals surface area (Å²) < 4.78 is 0. The maximum Gasteiger partial charge on any atom is 0.191 e. The van der Waals surface area contributed by atoms with Gasteiger partial charge in [0.2, 0.25) is 0 Å². The molecule has 0 saturated carbocycles. The Kier molecular flexibility index (Phi) is 2.35. The van der Waals surface area contributed by atoms with Crippen molar-refractivity contribution in [3.8, 4) is 0 Å². The quantitative estimate of drug-likeness (QED) is 0.712. The summed E-state index contributed by atoms with van der Waals surface area (Å²) in [5.41, 5.74) is 4.92. The van der Waals surface area contributed by atoms with E-state index in [-0.39, 0.29) is 5.78 Å². The predicted octanol–water partition coefficient (Wildman–Crippen LogP) is 1.98. The molecule has 3 heteroatoms. The average Bonchev–Trinajstić information content (AvgIpc) is 2.32. The van der Waals surface area contributed by atoms with Crippen LogP contribution in [0, 0.1) is 6.92 Å². The van der Waals surface area contributed by atoms with E-state index in [0.717, 1.165) is 9.75 Å². The molecule has 2 nitrogen and oxygen atoms in total. The molecular weight excluding hydrogens is 170 g/mol. The summed E-state index contributed by atoms with van der Waals surface area (Å²) in [6.45, 7) is 5.43. The van der Waals surface area contributed by atoms with Crippen molar-refractivity contribution in [2.75, 3.05) is 0 Å². The first kappa shape index (κ1) is 9.42.